The van der Waals surface area contributed by atoms with Gasteiger partial charge >= 0.3 is 0 Å². The molecular formula is C21H30N2O. The quantitative estimate of drug-likeness (QED) is 0.853. The van der Waals surface area contributed by atoms with E-state index >= 15 is 0 Å². The molecule has 3 nitrogen and oxygen atoms in total. The summed E-state index contributed by atoms with van der Waals surface area (Å²) in [5.41, 5.74) is 4.49. The molecular weight excluding hydrogens is 296 g/mol. The molecule has 0 spiro atoms. The topological polar surface area (TPSA) is 26.7 Å². The lowest BCUT2D eigenvalue weighted by atomic mass is 9.52. The molecule has 3 fully saturated rings. The monoisotopic (exact) mass is 326 g/mol. The van der Waals surface area contributed by atoms with Gasteiger partial charge in [-0.25, -0.2) is 0 Å². The Kier molecular flexibility index (Phi) is 3.38. The van der Waals surface area contributed by atoms with E-state index < -0.39 is 0 Å². The van der Waals surface area contributed by atoms with Crippen LogP contribution in [0.5, 0.6) is 5.75 Å². The number of likely N-dealkylation sites (N-methyl/N-ethyl adjacent to an activating group) is 1. The first-order chi connectivity index (χ1) is 11.7. The van der Waals surface area contributed by atoms with Gasteiger partial charge in [0.2, 0.25) is 0 Å². The van der Waals surface area contributed by atoms with Crippen LogP contribution in [-0.4, -0.2) is 42.7 Å². The van der Waals surface area contributed by atoms with Crippen molar-refractivity contribution in [3.05, 3.63) is 23.3 Å². The molecule has 0 radical (unpaired) electrons. The van der Waals surface area contributed by atoms with Crippen molar-refractivity contribution < 1.29 is 5.11 Å². The summed E-state index contributed by atoms with van der Waals surface area (Å²) in [6.07, 6.45) is 10.4. The highest BCUT2D eigenvalue weighted by atomic mass is 16.3. The molecule has 1 N–H and O–H groups in total. The second kappa shape index (κ2) is 5.39. The van der Waals surface area contributed by atoms with E-state index in [1.165, 1.54) is 69.0 Å². The second-order valence-corrected chi connectivity index (χ2v) is 8.70. The van der Waals surface area contributed by atoms with Gasteiger partial charge in [-0.15, -0.1) is 0 Å². The van der Waals surface area contributed by atoms with Crippen LogP contribution in [0.15, 0.2) is 12.1 Å². The number of phenols is 1. The number of fused-ring (bicyclic) bond motifs is 1. The van der Waals surface area contributed by atoms with Crippen LogP contribution in [0.25, 0.3) is 0 Å². The lowest BCUT2D eigenvalue weighted by molar-refractivity contribution is 0.00276. The summed E-state index contributed by atoms with van der Waals surface area (Å²) in [6, 6.07) is 5.25. The molecule has 0 unspecified atom stereocenters. The van der Waals surface area contributed by atoms with E-state index in [0.29, 0.717) is 17.2 Å². The molecule has 3 heteroatoms. The number of phenolic OH excluding ortho intramolecular Hbond substituents is 1. The third-order valence-corrected chi connectivity index (χ3v) is 7.65. The zero-order valence-electron chi connectivity index (χ0n) is 14.9. The molecule has 2 aliphatic carbocycles. The molecule has 3 atom stereocenters. The zero-order chi connectivity index (χ0) is 16.3. The molecule has 1 saturated carbocycles. The van der Waals surface area contributed by atoms with Crippen molar-refractivity contribution in [2.45, 2.75) is 62.8 Å². The Hall–Kier alpha value is -1.22. The summed E-state index contributed by atoms with van der Waals surface area (Å²) in [5.74, 6) is 1.33. The van der Waals surface area contributed by atoms with Crippen LogP contribution in [0.4, 0.5) is 5.69 Å². The molecule has 4 aliphatic rings. The van der Waals surface area contributed by atoms with E-state index in [-0.39, 0.29) is 0 Å². The first-order valence-corrected chi connectivity index (χ1v) is 10.0. The van der Waals surface area contributed by atoms with Gasteiger partial charge in [0.25, 0.3) is 0 Å². The number of aromatic hydroxyl groups is 1. The maximum absolute atomic E-state index is 10.8. The molecule has 2 saturated heterocycles. The van der Waals surface area contributed by atoms with Crippen LogP contribution in [-0.2, 0) is 11.8 Å². The second-order valence-electron chi connectivity index (χ2n) is 8.70. The van der Waals surface area contributed by atoms with Gasteiger partial charge in [0.1, 0.15) is 5.75 Å². The summed E-state index contributed by atoms with van der Waals surface area (Å²) in [4.78, 5) is 5.01. The van der Waals surface area contributed by atoms with Gasteiger partial charge in [0.05, 0.1) is 5.69 Å². The molecule has 24 heavy (non-hydrogen) atoms. The third kappa shape index (κ3) is 2.00. The van der Waals surface area contributed by atoms with Crippen molar-refractivity contribution in [3.63, 3.8) is 0 Å². The van der Waals surface area contributed by atoms with Gasteiger partial charge in [0.15, 0.2) is 0 Å². The highest BCUT2D eigenvalue weighted by Crippen LogP contribution is 2.56. The number of piperidine rings is 1. The number of hydrogen-bond donors (Lipinski definition) is 1. The number of benzene rings is 1. The Balaban J connectivity index is 1.63. The molecule has 1 aromatic rings. The SMILES string of the molecule is CN1CC[C@]23CCCC[C@@H]2[C@H]1Cc1cc(N2CCCC2)c(O)cc13. The number of nitrogens with zero attached hydrogens (tertiary/aromatic N) is 2. The van der Waals surface area contributed by atoms with Crippen LogP contribution in [0, 0.1) is 5.92 Å². The maximum atomic E-state index is 10.8. The van der Waals surface area contributed by atoms with E-state index in [1.807, 2.05) is 0 Å². The van der Waals surface area contributed by atoms with Crippen LogP contribution >= 0.6 is 0 Å². The maximum Gasteiger partial charge on any atom is 0.139 e. The molecule has 2 aliphatic heterocycles. The van der Waals surface area contributed by atoms with E-state index in [2.05, 4.69) is 29.0 Å². The predicted octanol–water partition coefficient (Wildman–Crippen LogP) is 3.68. The van der Waals surface area contributed by atoms with Crippen LogP contribution in [0.3, 0.4) is 0 Å². The van der Waals surface area contributed by atoms with Gasteiger partial charge in [-0.1, -0.05) is 12.8 Å². The van der Waals surface area contributed by atoms with Crippen molar-refractivity contribution in [2.75, 3.05) is 31.6 Å². The fourth-order valence-corrected chi connectivity index (χ4v) is 6.44. The normalized spacial score (nSPS) is 35.6. The third-order valence-electron chi connectivity index (χ3n) is 7.65. The van der Waals surface area contributed by atoms with Crippen LogP contribution in [0.1, 0.15) is 56.1 Å². The number of hydrogen-bond acceptors (Lipinski definition) is 3. The summed E-state index contributed by atoms with van der Waals surface area (Å²) in [7, 11) is 2.33. The van der Waals surface area contributed by atoms with Crippen molar-refractivity contribution in [1.82, 2.24) is 4.90 Å². The fraction of sp³-hybridized carbons (Fsp3) is 0.714. The van der Waals surface area contributed by atoms with E-state index in [9.17, 15) is 5.11 Å². The summed E-state index contributed by atoms with van der Waals surface area (Å²) >= 11 is 0. The molecule has 5 rings (SSSR count). The van der Waals surface area contributed by atoms with Gasteiger partial charge in [-0.3, -0.25) is 0 Å². The first kappa shape index (κ1) is 15.1. The largest absolute Gasteiger partial charge is 0.506 e. The summed E-state index contributed by atoms with van der Waals surface area (Å²) in [5, 5.41) is 10.8. The Labute approximate surface area is 145 Å². The van der Waals surface area contributed by atoms with Crippen molar-refractivity contribution in [2.24, 2.45) is 5.92 Å². The Morgan fingerprint density at radius 2 is 1.88 bits per heavy atom. The summed E-state index contributed by atoms with van der Waals surface area (Å²) in [6.45, 7) is 3.42. The first-order valence-electron chi connectivity index (χ1n) is 10.0. The molecule has 2 heterocycles. The Morgan fingerprint density at radius 3 is 2.71 bits per heavy atom. The average Bonchev–Trinajstić information content (AvgIpc) is 3.12. The van der Waals surface area contributed by atoms with Gasteiger partial charge in [-0.2, -0.15) is 0 Å². The number of anilines is 1. The molecule has 130 valence electrons. The van der Waals surface area contributed by atoms with Crippen molar-refractivity contribution >= 4 is 5.69 Å². The van der Waals surface area contributed by atoms with Crippen LogP contribution < -0.4 is 4.90 Å². The van der Waals surface area contributed by atoms with Gasteiger partial charge < -0.3 is 14.9 Å². The average molecular weight is 326 g/mol. The molecule has 0 amide bonds. The zero-order valence-corrected chi connectivity index (χ0v) is 14.9. The number of rotatable bonds is 1. The lowest BCUT2D eigenvalue weighted by Crippen LogP contribution is -2.59. The minimum absolute atomic E-state index is 0.351. The predicted molar refractivity (Wildman–Crippen MR) is 97.9 cm³/mol. The fourth-order valence-electron chi connectivity index (χ4n) is 6.44. The highest BCUT2D eigenvalue weighted by molar-refractivity contribution is 5.64. The Bertz CT molecular complexity index is 651. The Morgan fingerprint density at radius 1 is 1.04 bits per heavy atom. The van der Waals surface area contributed by atoms with Crippen LogP contribution in [0.2, 0.25) is 0 Å². The molecule has 2 bridgehead atoms. The lowest BCUT2D eigenvalue weighted by Gasteiger charge is -2.58. The standard InChI is InChI=1S/C21H30N2O/c1-22-11-8-21-7-3-2-6-16(21)18(22)12-15-13-19(20(24)14-17(15)21)23-9-4-5-10-23/h13-14,16,18,24H,2-12H2,1H3/t16-,18-,21-/m1/s1. The van der Waals surface area contributed by atoms with E-state index in [1.54, 1.807) is 0 Å². The van der Waals surface area contributed by atoms with Gasteiger partial charge in [-0.05, 0) is 81.3 Å². The molecule has 1 aromatic carbocycles. The van der Waals surface area contributed by atoms with E-state index in [4.69, 9.17) is 0 Å². The highest BCUT2D eigenvalue weighted by Gasteiger charge is 2.53. The van der Waals surface area contributed by atoms with Crippen molar-refractivity contribution in [3.8, 4) is 5.75 Å². The van der Waals surface area contributed by atoms with Crippen molar-refractivity contribution in [1.29, 1.82) is 0 Å². The van der Waals surface area contributed by atoms with Gasteiger partial charge in [0, 0.05) is 24.5 Å². The summed E-state index contributed by atoms with van der Waals surface area (Å²) < 4.78 is 0. The minimum Gasteiger partial charge on any atom is -0.506 e. The van der Waals surface area contributed by atoms with E-state index in [0.717, 1.165) is 24.7 Å². The smallest absolute Gasteiger partial charge is 0.139 e. The minimum atomic E-state index is 0.351. The molecule has 0 aromatic heterocycles. The number of likely N-dealkylation sites (tertiary alicyclic amines) is 1.